The molecule has 1 saturated heterocycles. The van der Waals surface area contributed by atoms with Crippen molar-refractivity contribution in [1.82, 2.24) is 10.3 Å². The van der Waals surface area contributed by atoms with E-state index in [1.807, 2.05) is 26.8 Å². The summed E-state index contributed by atoms with van der Waals surface area (Å²) in [5, 5.41) is 3.34. The molecule has 2 aliphatic heterocycles. The van der Waals surface area contributed by atoms with Gasteiger partial charge in [0.05, 0.1) is 6.20 Å². The number of fused-ring (bicyclic) bond motifs is 1. The van der Waals surface area contributed by atoms with Crippen LogP contribution in [-0.4, -0.2) is 38.7 Å². The lowest BCUT2D eigenvalue weighted by molar-refractivity contribution is 0.116. The highest BCUT2D eigenvalue weighted by atomic mass is 32.2. The Morgan fingerprint density at radius 3 is 2.76 bits per heavy atom. The third kappa shape index (κ3) is 2.67. The number of pyridine rings is 1. The van der Waals surface area contributed by atoms with Crippen LogP contribution in [-0.2, 0) is 11.4 Å². The van der Waals surface area contributed by atoms with Gasteiger partial charge in [-0.1, -0.05) is 4.40 Å². The Morgan fingerprint density at radius 1 is 1.38 bits per heavy atom. The molecule has 0 bridgehead atoms. The molecule has 2 aliphatic rings. The summed E-state index contributed by atoms with van der Waals surface area (Å²) in [4.78, 5) is 4.13. The van der Waals surface area contributed by atoms with Crippen LogP contribution < -0.4 is 10.1 Å². The highest BCUT2D eigenvalue weighted by Gasteiger charge is 2.48. The first kappa shape index (κ1) is 14.8. The van der Waals surface area contributed by atoms with E-state index in [9.17, 15) is 4.55 Å². The number of ether oxygens (including phenoxy) is 1. The largest absolute Gasteiger partial charge is 0.591 e. The van der Waals surface area contributed by atoms with E-state index in [2.05, 4.69) is 14.7 Å². The van der Waals surface area contributed by atoms with E-state index in [-0.39, 0.29) is 4.75 Å². The molecule has 5 nitrogen and oxygen atoms in total. The van der Waals surface area contributed by atoms with Crippen LogP contribution in [0.5, 0.6) is 5.75 Å². The highest BCUT2D eigenvalue weighted by Crippen LogP contribution is 2.40. The fourth-order valence-corrected chi connectivity index (χ4v) is 3.39. The predicted molar refractivity (Wildman–Crippen MR) is 84.1 cm³/mol. The summed E-state index contributed by atoms with van der Waals surface area (Å²) >= 11 is -1.29. The number of hydrogen-bond acceptors (Lipinski definition) is 5. The SMILES string of the molecule is CC(C)(C)[S+]([O-])N=C1c2ccncc2OC12CCNCC2. The van der Waals surface area contributed by atoms with Gasteiger partial charge >= 0.3 is 0 Å². The van der Waals surface area contributed by atoms with Gasteiger partial charge in [-0.05, 0) is 39.9 Å². The molecule has 1 N–H and O–H groups in total. The van der Waals surface area contributed by atoms with Crippen molar-refractivity contribution in [3.8, 4) is 5.75 Å². The van der Waals surface area contributed by atoms with E-state index < -0.39 is 17.0 Å². The molecular formula is C15H21N3O2S. The van der Waals surface area contributed by atoms with Crippen LogP contribution in [0.15, 0.2) is 22.9 Å². The number of nitrogens with zero attached hydrogens (tertiary/aromatic N) is 2. The van der Waals surface area contributed by atoms with E-state index in [0.717, 1.165) is 43.0 Å². The Kier molecular flexibility index (Phi) is 3.71. The summed E-state index contributed by atoms with van der Waals surface area (Å²) in [6.07, 6.45) is 5.13. The summed E-state index contributed by atoms with van der Waals surface area (Å²) < 4.78 is 22.9. The minimum absolute atomic E-state index is 0.378. The molecule has 1 aromatic rings. The van der Waals surface area contributed by atoms with E-state index in [4.69, 9.17) is 4.74 Å². The van der Waals surface area contributed by atoms with Crippen LogP contribution in [0.4, 0.5) is 0 Å². The van der Waals surface area contributed by atoms with Crippen molar-refractivity contribution in [1.29, 1.82) is 0 Å². The number of rotatable bonds is 1. The van der Waals surface area contributed by atoms with Gasteiger partial charge in [-0.2, -0.15) is 0 Å². The zero-order valence-electron chi connectivity index (χ0n) is 12.7. The molecule has 1 atom stereocenters. The van der Waals surface area contributed by atoms with Crippen LogP contribution in [0.2, 0.25) is 0 Å². The Morgan fingerprint density at radius 2 is 2.10 bits per heavy atom. The maximum absolute atomic E-state index is 12.5. The molecule has 1 spiro atoms. The standard InChI is InChI=1S/C15H21N3O2S/c1-14(2,3)21(19)18-13-11-4-7-17-10-12(11)20-15(13)5-8-16-9-6-15/h4,7,10,16H,5-6,8-9H2,1-3H3. The second-order valence-corrected chi connectivity index (χ2v) is 8.43. The second-order valence-electron chi connectivity index (χ2n) is 6.52. The molecular weight excluding hydrogens is 286 g/mol. The predicted octanol–water partition coefficient (Wildman–Crippen LogP) is 1.85. The normalized spacial score (nSPS) is 23.9. The average Bonchev–Trinajstić information content (AvgIpc) is 2.72. The van der Waals surface area contributed by atoms with E-state index in [0.29, 0.717) is 0 Å². The Hall–Kier alpha value is -1.11. The number of piperidine rings is 1. The molecule has 1 fully saturated rings. The van der Waals surface area contributed by atoms with Gasteiger partial charge in [-0.15, -0.1) is 0 Å². The first-order valence-corrected chi connectivity index (χ1v) is 8.38. The zero-order valence-corrected chi connectivity index (χ0v) is 13.5. The average molecular weight is 307 g/mol. The molecule has 0 aliphatic carbocycles. The van der Waals surface area contributed by atoms with Gasteiger partial charge in [-0.3, -0.25) is 4.98 Å². The summed E-state index contributed by atoms with van der Waals surface area (Å²) in [7, 11) is 0. The molecule has 114 valence electrons. The quantitative estimate of drug-likeness (QED) is 0.804. The molecule has 0 aromatic carbocycles. The number of aromatic nitrogens is 1. The third-order valence-corrected chi connectivity index (χ3v) is 5.28. The molecule has 3 heterocycles. The fraction of sp³-hybridized carbons (Fsp3) is 0.600. The van der Waals surface area contributed by atoms with Gasteiger partial charge in [-0.25, -0.2) is 0 Å². The molecule has 0 saturated carbocycles. The van der Waals surface area contributed by atoms with Crippen LogP contribution >= 0.6 is 0 Å². The van der Waals surface area contributed by atoms with Crippen molar-refractivity contribution in [2.45, 2.75) is 44.0 Å². The van der Waals surface area contributed by atoms with Gasteiger partial charge < -0.3 is 14.6 Å². The zero-order chi connectivity index (χ0) is 15.1. The van der Waals surface area contributed by atoms with Gasteiger partial charge in [0.1, 0.15) is 27.6 Å². The molecule has 3 rings (SSSR count). The minimum atomic E-state index is -1.29. The first-order valence-electron chi connectivity index (χ1n) is 7.28. The first-order chi connectivity index (χ1) is 9.92. The van der Waals surface area contributed by atoms with E-state index in [1.165, 1.54) is 0 Å². The van der Waals surface area contributed by atoms with Crippen LogP contribution in [0.25, 0.3) is 0 Å². The summed E-state index contributed by atoms with van der Waals surface area (Å²) in [6.45, 7) is 7.56. The molecule has 1 aromatic heterocycles. The van der Waals surface area contributed by atoms with Crippen molar-refractivity contribution in [3.63, 3.8) is 0 Å². The number of hydrogen-bond donors (Lipinski definition) is 1. The summed E-state index contributed by atoms with van der Waals surface area (Å²) in [6, 6.07) is 1.91. The highest BCUT2D eigenvalue weighted by molar-refractivity contribution is 7.91. The van der Waals surface area contributed by atoms with Crippen molar-refractivity contribution in [2.75, 3.05) is 13.1 Å². The minimum Gasteiger partial charge on any atom is -0.591 e. The lowest BCUT2D eigenvalue weighted by Crippen LogP contribution is -2.49. The Bertz CT molecular complexity index is 562. The molecule has 0 amide bonds. The second kappa shape index (κ2) is 5.26. The van der Waals surface area contributed by atoms with Crippen LogP contribution in [0.1, 0.15) is 39.2 Å². The third-order valence-electron chi connectivity index (χ3n) is 3.89. The molecule has 6 heteroatoms. The van der Waals surface area contributed by atoms with Crippen molar-refractivity contribution >= 4 is 17.1 Å². The smallest absolute Gasteiger partial charge is 0.158 e. The number of nitrogens with one attached hydrogen (secondary N) is 1. The van der Waals surface area contributed by atoms with Gasteiger partial charge in [0.15, 0.2) is 5.60 Å². The fourth-order valence-electron chi connectivity index (χ4n) is 2.68. The monoisotopic (exact) mass is 307 g/mol. The Labute approximate surface area is 128 Å². The molecule has 21 heavy (non-hydrogen) atoms. The maximum Gasteiger partial charge on any atom is 0.158 e. The lowest BCUT2D eigenvalue weighted by Gasteiger charge is -2.33. The summed E-state index contributed by atoms with van der Waals surface area (Å²) in [5.41, 5.74) is 1.32. The molecule has 1 unspecified atom stereocenters. The van der Waals surface area contributed by atoms with Crippen molar-refractivity contribution < 1.29 is 9.29 Å². The molecule has 0 radical (unpaired) electrons. The van der Waals surface area contributed by atoms with E-state index >= 15 is 0 Å². The van der Waals surface area contributed by atoms with Crippen LogP contribution in [0.3, 0.4) is 0 Å². The lowest BCUT2D eigenvalue weighted by atomic mass is 9.86. The van der Waals surface area contributed by atoms with Gasteiger partial charge in [0.2, 0.25) is 0 Å². The summed E-state index contributed by atoms with van der Waals surface area (Å²) in [5.74, 6) is 0.754. The van der Waals surface area contributed by atoms with Gasteiger partial charge in [0.25, 0.3) is 0 Å². The van der Waals surface area contributed by atoms with Gasteiger partial charge in [0, 0.05) is 24.6 Å². The Balaban J connectivity index is 2.05. The van der Waals surface area contributed by atoms with Crippen LogP contribution in [0, 0.1) is 0 Å². The topological polar surface area (TPSA) is 69.6 Å². The van der Waals surface area contributed by atoms with Crippen molar-refractivity contribution in [2.24, 2.45) is 4.40 Å². The van der Waals surface area contributed by atoms with E-state index in [1.54, 1.807) is 12.4 Å². The van der Waals surface area contributed by atoms with Crippen molar-refractivity contribution in [3.05, 3.63) is 24.0 Å². The maximum atomic E-state index is 12.5.